The maximum absolute atomic E-state index is 11.7. The van der Waals surface area contributed by atoms with Crippen LogP contribution in [-0.4, -0.2) is 48.5 Å². The molecule has 1 fully saturated rings. The lowest BCUT2D eigenvalue weighted by molar-refractivity contribution is -0.0199. The summed E-state index contributed by atoms with van der Waals surface area (Å²) in [7, 11) is 0. The summed E-state index contributed by atoms with van der Waals surface area (Å²) in [6.45, 7) is 3.12. The standard InChI is InChI=1S/C33H35NO5/c35-33(36)34-18-17-31(32(22-34)39-24-26-13-14-27-7-4-5-8-29(27)21-26)28-15-11-25(12-16-28)23-37-19-6-20-38-30-9-2-1-3-10-30/h1-5,7-16,21,31-32H,6,17-20,22-24H2,(H,35,36). The fraction of sp³-hybridized carbons (Fsp3) is 0.303. The lowest BCUT2D eigenvalue weighted by Gasteiger charge is -2.37. The predicted octanol–water partition coefficient (Wildman–Crippen LogP) is 6.88. The van der Waals surface area contributed by atoms with Crippen molar-refractivity contribution in [2.75, 3.05) is 26.3 Å². The van der Waals surface area contributed by atoms with Crippen LogP contribution in [0.5, 0.6) is 5.75 Å². The van der Waals surface area contributed by atoms with E-state index in [1.807, 2.05) is 42.5 Å². The maximum Gasteiger partial charge on any atom is 0.407 e. The summed E-state index contributed by atoms with van der Waals surface area (Å²) in [6.07, 6.45) is 0.444. The monoisotopic (exact) mass is 525 g/mol. The van der Waals surface area contributed by atoms with Crippen molar-refractivity contribution in [1.29, 1.82) is 0 Å². The van der Waals surface area contributed by atoms with E-state index in [9.17, 15) is 9.90 Å². The summed E-state index contributed by atoms with van der Waals surface area (Å²) < 4.78 is 17.9. The second kappa shape index (κ2) is 13.3. The number of hydrogen-bond donors (Lipinski definition) is 1. The second-order valence-electron chi connectivity index (χ2n) is 9.96. The molecule has 5 rings (SSSR count). The van der Waals surface area contributed by atoms with Gasteiger partial charge >= 0.3 is 6.09 Å². The van der Waals surface area contributed by atoms with Crippen LogP contribution in [0, 0.1) is 0 Å². The molecule has 1 N–H and O–H groups in total. The van der Waals surface area contributed by atoms with E-state index in [0.717, 1.165) is 29.7 Å². The number of hydrogen-bond acceptors (Lipinski definition) is 4. The first kappa shape index (κ1) is 26.7. The minimum absolute atomic E-state index is 0.131. The van der Waals surface area contributed by atoms with Crippen LogP contribution in [0.4, 0.5) is 4.79 Å². The Morgan fingerprint density at radius 2 is 1.56 bits per heavy atom. The molecule has 6 heteroatoms. The van der Waals surface area contributed by atoms with Crippen LogP contribution < -0.4 is 4.74 Å². The van der Waals surface area contributed by atoms with Crippen molar-refractivity contribution in [3.8, 4) is 5.75 Å². The minimum atomic E-state index is -0.894. The number of carbonyl (C=O) groups is 1. The highest BCUT2D eigenvalue weighted by Crippen LogP contribution is 2.32. The van der Waals surface area contributed by atoms with Gasteiger partial charge in [-0.3, -0.25) is 0 Å². The Hall–Kier alpha value is -3.87. The average Bonchev–Trinajstić information content (AvgIpc) is 2.98. The van der Waals surface area contributed by atoms with Crippen LogP contribution in [0.3, 0.4) is 0 Å². The number of carboxylic acid groups (broad SMARTS) is 1. The summed E-state index contributed by atoms with van der Waals surface area (Å²) in [6, 6.07) is 32.8. The van der Waals surface area contributed by atoms with E-state index < -0.39 is 6.09 Å². The first-order valence-electron chi connectivity index (χ1n) is 13.6. The molecule has 0 aliphatic carbocycles. The van der Waals surface area contributed by atoms with Gasteiger partial charge in [0.1, 0.15) is 5.75 Å². The first-order chi connectivity index (χ1) is 19.2. The molecular weight excluding hydrogens is 490 g/mol. The highest BCUT2D eigenvalue weighted by Gasteiger charge is 2.33. The Morgan fingerprint density at radius 1 is 0.821 bits per heavy atom. The molecule has 4 aromatic rings. The molecule has 2 unspecified atom stereocenters. The lowest BCUT2D eigenvalue weighted by atomic mass is 9.86. The highest BCUT2D eigenvalue weighted by atomic mass is 16.5. The van der Waals surface area contributed by atoms with Gasteiger partial charge in [0.15, 0.2) is 0 Å². The van der Waals surface area contributed by atoms with E-state index in [1.165, 1.54) is 21.2 Å². The lowest BCUT2D eigenvalue weighted by Crippen LogP contribution is -2.46. The molecular formula is C33H35NO5. The van der Waals surface area contributed by atoms with Crippen LogP contribution in [-0.2, 0) is 22.7 Å². The number of benzene rings is 4. The third-order valence-corrected chi connectivity index (χ3v) is 7.23. The van der Waals surface area contributed by atoms with Gasteiger partial charge < -0.3 is 24.2 Å². The normalized spacial score (nSPS) is 17.3. The predicted molar refractivity (Wildman–Crippen MR) is 152 cm³/mol. The molecule has 1 heterocycles. The van der Waals surface area contributed by atoms with E-state index in [1.54, 1.807) is 0 Å². The SMILES string of the molecule is O=C(O)N1CCC(c2ccc(COCCCOc3ccccc3)cc2)C(OCc2ccc3ccccc3c2)C1. The molecule has 0 spiro atoms. The topological polar surface area (TPSA) is 68.2 Å². The molecule has 1 aliphatic heterocycles. The summed E-state index contributed by atoms with van der Waals surface area (Å²) in [5.74, 6) is 1.01. The molecule has 2 atom stereocenters. The quantitative estimate of drug-likeness (QED) is 0.216. The largest absolute Gasteiger partial charge is 0.494 e. The van der Waals surface area contributed by atoms with Gasteiger partial charge in [0, 0.05) is 18.9 Å². The van der Waals surface area contributed by atoms with Gasteiger partial charge in [-0.15, -0.1) is 0 Å². The van der Waals surface area contributed by atoms with Crippen molar-refractivity contribution < 1.29 is 24.1 Å². The third kappa shape index (κ3) is 7.37. The molecule has 39 heavy (non-hydrogen) atoms. The van der Waals surface area contributed by atoms with Gasteiger partial charge in [0.05, 0.1) is 39.1 Å². The number of amides is 1. The molecule has 202 valence electrons. The summed E-state index contributed by atoms with van der Waals surface area (Å²) in [4.78, 5) is 13.2. The molecule has 0 saturated carbocycles. The Labute approximate surface area is 229 Å². The zero-order chi connectivity index (χ0) is 26.9. The number of para-hydroxylation sites is 1. The van der Waals surface area contributed by atoms with Crippen molar-refractivity contribution in [2.24, 2.45) is 0 Å². The van der Waals surface area contributed by atoms with Gasteiger partial charge in [0.25, 0.3) is 0 Å². The van der Waals surface area contributed by atoms with Crippen LogP contribution in [0.15, 0.2) is 97.1 Å². The molecule has 1 aliphatic rings. The maximum atomic E-state index is 11.7. The Bertz CT molecular complexity index is 1340. The molecule has 1 amide bonds. The van der Waals surface area contributed by atoms with Crippen molar-refractivity contribution in [3.63, 3.8) is 0 Å². The number of nitrogens with zero attached hydrogens (tertiary/aromatic N) is 1. The number of likely N-dealkylation sites (tertiary alicyclic amines) is 1. The molecule has 4 aromatic carbocycles. The van der Waals surface area contributed by atoms with Gasteiger partial charge in [-0.2, -0.15) is 0 Å². The summed E-state index contributed by atoms with van der Waals surface area (Å²) in [5, 5.41) is 12.0. The zero-order valence-electron chi connectivity index (χ0n) is 22.1. The van der Waals surface area contributed by atoms with Crippen LogP contribution in [0.1, 0.15) is 35.4 Å². The van der Waals surface area contributed by atoms with Crippen molar-refractivity contribution >= 4 is 16.9 Å². The number of fused-ring (bicyclic) bond motifs is 1. The first-order valence-corrected chi connectivity index (χ1v) is 13.6. The van der Waals surface area contributed by atoms with Crippen molar-refractivity contribution in [3.05, 3.63) is 114 Å². The average molecular weight is 526 g/mol. The Kier molecular flexibility index (Phi) is 9.09. The zero-order valence-corrected chi connectivity index (χ0v) is 22.1. The summed E-state index contributed by atoms with van der Waals surface area (Å²) >= 11 is 0. The molecule has 6 nitrogen and oxygen atoms in total. The Balaban J connectivity index is 1.14. The molecule has 0 aromatic heterocycles. The number of rotatable bonds is 11. The minimum Gasteiger partial charge on any atom is -0.494 e. The third-order valence-electron chi connectivity index (χ3n) is 7.23. The van der Waals surface area contributed by atoms with E-state index in [2.05, 4.69) is 54.6 Å². The van der Waals surface area contributed by atoms with E-state index >= 15 is 0 Å². The van der Waals surface area contributed by atoms with Gasteiger partial charge in [-0.05, 0) is 52.1 Å². The van der Waals surface area contributed by atoms with E-state index in [4.69, 9.17) is 14.2 Å². The number of piperidine rings is 1. The Morgan fingerprint density at radius 3 is 2.36 bits per heavy atom. The van der Waals surface area contributed by atoms with Crippen LogP contribution >= 0.6 is 0 Å². The van der Waals surface area contributed by atoms with Crippen molar-refractivity contribution in [2.45, 2.75) is 38.1 Å². The fourth-order valence-corrected chi connectivity index (χ4v) is 5.09. The smallest absolute Gasteiger partial charge is 0.407 e. The molecule has 0 bridgehead atoms. The fourth-order valence-electron chi connectivity index (χ4n) is 5.09. The van der Waals surface area contributed by atoms with E-state index in [-0.39, 0.29) is 12.0 Å². The van der Waals surface area contributed by atoms with Gasteiger partial charge in [-0.1, -0.05) is 78.9 Å². The highest BCUT2D eigenvalue weighted by molar-refractivity contribution is 5.82. The van der Waals surface area contributed by atoms with Gasteiger partial charge in [0.2, 0.25) is 0 Å². The van der Waals surface area contributed by atoms with Crippen LogP contribution in [0.25, 0.3) is 10.8 Å². The molecule has 0 radical (unpaired) electrons. The summed E-state index contributed by atoms with van der Waals surface area (Å²) in [5.41, 5.74) is 3.37. The molecule has 1 saturated heterocycles. The van der Waals surface area contributed by atoms with Crippen LogP contribution in [0.2, 0.25) is 0 Å². The van der Waals surface area contributed by atoms with Crippen molar-refractivity contribution in [1.82, 2.24) is 4.90 Å². The van der Waals surface area contributed by atoms with E-state index in [0.29, 0.717) is 39.5 Å². The second-order valence-corrected chi connectivity index (χ2v) is 9.96. The van der Waals surface area contributed by atoms with Gasteiger partial charge in [-0.25, -0.2) is 4.79 Å². The number of ether oxygens (including phenoxy) is 3.